The lowest BCUT2D eigenvalue weighted by atomic mass is 10.1. The van der Waals surface area contributed by atoms with Crippen molar-refractivity contribution in [2.24, 2.45) is 0 Å². The summed E-state index contributed by atoms with van der Waals surface area (Å²) >= 11 is 12.0. The molecular formula is C23H19Cl2N3O. The van der Waals surface area contributed by atoms with E-state index in [1.807, 2.05) is 54.6 Å². The predicted octanol–water partition coefficient (Wildman–Crippen LogP) is 5.02. The number of halogens is 2. The normalized spacial score (nSPS) is 11.1. The molecule has 0 fully saturated rings. The molecule has 0 radical (unpaired) electrons. The van der Waals surface area contributed by atoms with Crippen molar-refractivity contribution >= 4 is 34.1 Å². The number of hydrogen-bond acceptors (Lipinski definition) is 3. The minimum atomic E-state index is -0.0903. The topological polar surface area (TPSA) is 46.9 Å². The Kier molecular flexibility index (Phi) is 5.95. The minimum absolute atomic E-state index is 0.0903. The smallest absolute Gasteiger partial charge is 0.266 e. The van der Waals surface area contributed by atoms with Gasteiger partial charge in [-0.1, -0.05) is 47.5 Å². The van der Waals surface area contributed by atoms with E-state index >= 15 is 0 Å². The van der Waals surface area contributed by atoms with Gasteiger partial charge in [-0.05, 0) is 67.1 Å². The molecule has 1 aromatic heterocycles. The van der Waals surface area contributed by atoms with E-state index in [1.54, 1.807) is 22.8 Å². The van der Waals surface area contributed by atoms with Gasteiger partial charge in [0.05, 0.1) is 23.1 Å². The van der Waals surface area contributed by atoms with Gasteiger partial charge in [-0.3, -0.25) is 9.36 Å². The van der Waals surface area contributed by atoms with Crippen LogP contribution in [0, 0.1) is 0 Å². The van der Waals surface area contributed by atoms with E-state index in [0.29, 0.717) is 28.3 Å². The second kappa shape index (κ2) is 8.78. The van der Waals surface area contributed by atoms with E-state index in [2.05, 4.69) is 5.32 Å². The third kappa shape index (κ3) is 4.51. The highest BCUT2D eigenvalue weighted by Gasteiger charge is 2.12. The Morgan fingerprint density at radius 2 is 1.52 bits per heavy atom. The maximum atomic E-state index is 13.2. The lowest BCUT2D eigenvalue weighted by Crippen LogP contribution is -2.28. The highest BCUT2D eigenvalue weighted by atomic mass is 35.5. The second-order valence-corrected chi connectivity index (χ2v) is 7.59. The van der Waals surface area contributed by atoms with Crippen molar-refractivity contribution < 1.29 is 0 Å². The number of nitrogens with zero attached hydrogens (tertiary/aromatic N) is 2. The molecule has 0 aliphatic heterocycles. The first kappa shape index (κ1) is 19.6. The molecule has 0 saturated heterocycles. The van der Waals surface area contributed by atoms with Crippen LogP contribution in [0.5, 0.6) is 0 Å². The first-order valence-corrected chi connectivity index (χ1v) is 10.1. The maximum absolute atomic E-state index is 13.2. The summed E-state index contributed by atoms with van der Waals surface area (Å²) in [6.45, 7) is 1.22. The molecule has 4 aromatic rings. The second-order valence-electron chi connectivity index (χ2n) is 6.72. The van der Waals surface area contributed by atoms with Crippen molar-refractivity contribution in [3.63, 3.8) is 0 Å². The zero-order valence-corrected chi connectivity index (χ0v) is 17.1. The molecule has 1 heterocycles. The Hall–Kier alpha value is -2.66. The molecule has 29 heavy (non-hydrogen) atoms. The number of fused-ring (bicyclic) bond motifs is 1. The van der Waals surface area contributed by atoms with Crippen LogP contribution in [0.1, 0.15) is 11.4 Å². The average Bonchev–Trinajstić information content (AvgIpc) is 2.74. The molecule has 4 rings (SSSR count). The molecule has 0 saturated carbocycles. The summed E-state index contributed by atoms with van der Waals surface area (Å²) in [7, 11) is 0. The van der Waals surface area contributed by atoms with Crippen molar-refractivity contribution in [3.8, 4) is 5.69 Å². The molecule has 0 bridgehead atoms. The minimum Gasteiger partial charge on any atom is -0.310 e. The van der Waals surface area contributed by atoms with Gasteiger partial charge in [0.2, 0.25) is 0 Å². The maximum Gasteiger partial charge on any atom is 0.266 e. The summed E-state index contributed by atoms with van der Waals surface area (Å²) in [5.41, 5.74) is 2.54. The molecule has 0 amide bonds. The quantitative estimate of drug-likeness (QED) is 0.442. The summed E-state index contributed by atoms with van der Waals surface area (Å²) < 4.78 is 1.65. The van der Waals surface area contributed by atoms with Crippen molar-refractivity contribution in [2.45, 2.75) is 13.0 Å². The van der Waals surface area contributed by atoms with Crippen LogP contribution in [0.25, 0.3) is 16.6 Å². The largest absolute Gasteiger partial charge is 0.310 e. The van der Waals surface area contributed by atoms with Crippen molar-refractivity contribution in [3.05, 3.63) is 105 Å². The first-order chi connectivity index (χ1) is 14.1. The highest BCUT2D eigenvalue weighted by Crippen LogP contribution is 2.16. The third-order valence-electron chi connectivity index (χ3n) is 4.72. The number of hydrogen-bond donors (Lipinski definition) is 1. The van der Waals surface area contributed by atoms with Crippen molar-refractivity contribution in [1.29, 1.82) is 0 Å². The molecule has 0 aliphatic carbocycles. The molecule has 0 aliphatic rings. The Balaban J connectivity index is 1.61. The summed E-state index contributed by atoms with van der Waals surface area (Å²) in [5.74, 6) is 0.659. The van der Waals surface area contributed by atoms with Crippen LogP contribution >= 0.6 is 23.2 Å². The fourth-order valence-electron chi connectivity index (χ4n) is 3.24. The molecule has 0 atom stereocenters. The van der Waals surface area contributed by atoms with Gasteiger partial charge in [-0.15, -0.1) is 0 Å². The van der Waals surface area contributed by atoms with Crippen molar-refractivity contribution in [2.75, 3.05) is 6.54 Å². The SMILES string of the molecule is O=c1c2ccccc2nc(CNCCc2ccc(Cl)cc2)n1-c1ccc(Cl)cc1. The van der Waals surface area contributed by atoms with Crippen LogP contribution in [-0.4, -0.2) is 16.1 Å². The van der Waals surface area contributed by atoms with Gasteiger partial charge < -0.3 is 5.32 Å². The molecule has 6 heteroatoms. The number of aromatic nitrogens is 2. The Labute approximate surface area is 178 Å². The Morgan fingerprint density at radius 1 is 0.862 bits per heavy atom. The lowest BCUT2D eigenvalue weighted by molar-refractivity contribution is 0.642. The van der Waals surface area contributed by atoms with E-state index in [4.69, 9.17) is 28.2 Å². The summed E-state index contributed by atoms with van der Waals surface area (Å²) in [6, 6.07) is 22.4. The van der Waals surface area contributed by atoms with E-state index in [9.17, 15) is 4.79 Å². The third-order valence-corrected chi connectivity index (χ3v) is 5.22. The van der Waals surface area contributed by atoms with E-state index in [1.165, 1.54) is 5.56 Å². The molecule has 0 unspecified atom stereocenters. The van der Waals surface area contributed by atoms with Gasteiger partial charge >= 0.3 is 0 Å². The number of rotatable bonds is 6. The lowest BCUT2D eigenvalue weighted by Gasteiger charge is -2.14. The predicted molar refractivity (Wildman–Crippen MR) is 119 cm³/mol. The van der Waals surface area contributed by atoms with Gasteiger partial charge in [-0.2, -0.15) is 0 Å². The van der Waals surface area contributed by atoms with Crippen LogP contribution in [-0.2, 0) is 13.0 Å². The van der Waals surface area contributed by atoms with E-state index in [0.717, 1.165) is 23.7 Å². The van der Waals surface area contributed by atoms with Gasteiger partial charge in [0.25, 0.3) is 5.56 Å². The Bertz CT molecular complexity index is 1190. The monoisotopic (exact) mass is 423 g/mol. The van der Waals surface area contributed by atoms with Crippen molar-refractivity contribution in [1.82, 2.24) is 14.9 Å². The Morgan fingerprint density at radius 3 is 2.24 bits per heavy atom. The van der Waals surface area contributed by atoms with Crippen LogP contribution < -0.4 is 10.9 Å². The van der Waals surface area contributed by atoms with Gasteiger partial charge in [0, 0.05) is 10.0 Å². The number of benzene rings is 3. The van der Waals surface area contributed by atoms with Crippen LogP contribution in [0.2, 0.25) is 10.0 Å². The highest BCUT2D eigenvalue weighted by molar-refractivity contribution is 6.30. The zero-order valence-electron chi connectivity index (χ0n) is 15.6. The molecular weight excluding hydrogens is 405 g/mol. The summed E-state index contributed by atoms with van der Waals surface area (Å²) in [4.78, 5) is 17.9. The molecule has 4 nitrogen and oxygen atoms in total. The van der Waals surface area contributed by atoms with Crippen LogP contribution in [0.15, 0.2) is 77.6 Å². The molecule has 1 N–H and O–H groups in total. The number of nitrogens with one attached hydrogen (secondary N) is 1. The standard InChI is InChI=1S/C23H19Cl2N3O/c24-17-7-5-16(6-8-17)13-14-26-15-22-27-21-4-2-1-3-20(21)23(29)28(22)19-11-9-18(25)10-12-19/h1-12,26H,13-15H2. The molecule has 146 valence electrons. The zero-order chi connectivity index (χ0) is 20.2. The number of para-hydroxylation sites is 1. The first-order valence-electron chi connectivity index (χ1n) is 9.33. The van der Waals surface area contributed by atoms with E-state index < -0.39 is 0 Å². The fraction of sp³-hybridized carbons (Fsp3) is 0.130. The van der Waals surface area contributed by atoms with Gasteiger partial charge in [0.1, 0.15) is 5.82 Å². The molecule has 3 aromatic carbocycles. The summed E-state index contributed by atoms with van der Waals surface area (Å²) in [6.07, 6.45) is 0.857. The average molecular weight is 424 g/mol. The van der Waals surface area contributed by atoms with Crippen LogP contribution in [0.3, 0.4) is 0 Å². The van der Waals surface area contributed by atoms with Crippen LogP contribution in [0.4, 0.5) is 0 Å². The summed E-state index contributed by atoms with van der Waals surface area (Å²) in [5, 5.41) is 5.34. The van der Waals surface area contributed by atoms with E-state index in [-0.39, 0.29) is 5.56 Å². The van der Waals surface area contributed by atoms with Gasteiger partial charge in [-0.25, -0.2) is 4.98 Å². The molecule has 0 spiro atoms. The van der Waals surface area contributed by atoms with Gasteiger partial charge in [0.15, 0.2) is 0 Å². The fourth-order valence-corrected chi connectivity index (χ4v) is 3.49.